The first-order valence-electron chi connectivity index (χ1n) is 11.3. The quantitative estimate of drug-likeness (QED) is 0.107. The fraction of sp³-hybridized carbons (Fsp3) is 0.762. The topological polar surface area (TPSA) is 234 Å². The van der Waals surface area contributed by atoms with Crippen LogP contribution in [0, 0.1) is 5.92 Å². The lowest BCUT2D eigenvalue weighted by molar-refractivity contribution is -0.143. The summed E-state index contributed by atoms with van der Waals surface area (Å²) in [6, 6.07) is -4.98. The lowest BCUT2D eigenvalue weighted by atomic mass is 10.0. The Hall–Kier alpha value is -2.77. The van der Waals surface area contributed by atoms with Crippen LogP contribution in [0.3, 0.4) is 0 Å². The van der Waals surface area contributed by atoms with Crippen LogP contribution >= 0.6 is 0 Å². The van der Waals surface area contributed by atoms with E-state index in [1.165, 1.54) is 6.92 Å². The molecule has 0 aromatic rings. The molecule has 13 heteroatoms. The summed E-state index contributed by atoms with van der Waals surface area (Å²) in [5, 5.41) is 35.2. The lowest BCUT2D eigenvalue weighted by Crippen LogP contribution is -2.59. The third-order valence-corrected chi connectivity index (χ3v) is 4.97. The highest BCUT2D eigenvalue weighted by atomic mass is 16.4. The zero-order chi connectivity index (χ0) is 26.4. The molecule has 0 saturated carbocycles. The molecule has 0 radical (unpaired) electrons. The minimum Gasteiger partial charge on any atom is -0.481 e. The number of unbranched alkanes of at least 4 members (excludes halogenated alkanes) is 1. The highest BCUT2D eigenvalue weighted by Gasteiger charge is 2.32. The molecule has 0 aliphatic carbocycles. The van der Waals surface area contributed by atoms with Gasteiger partial charge in [-0.3, -0.25) is 19.2 Å². The molecule has 0 aromatic carbocycles. The number of amides is 3. The first kappa shape index (κ1) is 31.2. The van der Waals surface area contributed by atoms with Crippen molar-refractivity contribution in [1.29, 1.82) is 0 Å². The van der Waals surface area contributed by atoms with E-state index in [2.05, 4.69) is 16.0 Å². The molecule has 0 bridgehead atoms. The number of nitrogens with one attached hydrogen (secondary N) is 3. The average Bonchev–Trinajstić information content (AvgIpc) is 2.72. The molecular formula is C21H39N5O8. The van der Waals surface area contributed by atoms with E-state index >= 15 is 0 Å². The Balaban J connectivity index is 5.44. The molecule has 0 aliphatic rings. The first-order chi connectivity index (χ1) is 15.8. The van der Waals surface area contributed by atoms with Gasteiger partial charge in [-0.25, -0.2) is 4.79 Å². The number of carboxylic acid groups (broad SMARTS) is 2. The molecular weight excluding hydrogens is 450 g/mol. The molecule has 3 amide bonds. The van der Waals surface area contributed by atoms with Crippen molar-refractivity contribution in [2.45, 2.75) is 89.6 Å². The number of rotatable bonds is 17. The molecule has 10 N–H and O–H groups in total. The maximum absolute atomic E-state index is 12.8. The molecule has 5 atom stereocenters. The second kappa shape index (κ2) is 16.0. The Morgan fingerprint density at radius 2 is 1.41 bits per heavy atom. The maximum Gasteiger partial charge on any atom is 0.326 e. The van der Waals surface area contributed by atoms with Crippen LogP contribution < -0.4 is 27.4 Å². The maximum atomic E-state index is 12.8. The van der Waals surface area contributed by atoms with Crippen LogP contribution in [0.1, 0.15) is 59.3 Å². The van der Waals surface area contributed by atoms with Crippen LogP contribution in [0.2, 0.25) is 0 Å². The van der Waals surface area contributed by atoms with Crippen LogP contribution in [0.5, 0.6) is 0 Å². The van der Waals surface area contributed by atoms with Gasteiger partial charge in [0.15, 0.2) is 0 Å². The normalized spacial score (nSPS) is 15.5. The zero-order valence-electron chi connectivity index (χ0n) is 20.0. The summed E-state index contributed by atoms with van der Waals surface area (Å²) in [6.45, 7) is 5.36. The zero-order valence-corrected chi connectivity index (χ0v) is 20.0. The van der Waals surface area contributed by atoms with Gasteiger partial charge >= 0.3 is 11.9 Å². The Labute approximate surface area is 199 Å². The van der Waals surface area contributed by atoms with E-state index in [0.717, 1.165) is 0 Å². The van der Waals surface area contributed by atoms with Crippen molar-refractivity contribution < 1.29 is 39.3 Å². The van der Waals surface area contributed by atoms with E-state index in [0.29, 0.717) is 25.8 Å². The lowest BCUT2D eigenvalue weighted by Gasteiger charge is -2.26. The van der Waals surface area contributed by atoms with E-state index in [-0.39, 0.29) is 18.8 Å². The molecule has 0 aromatic heterocycles. The minimum absolute atomic E-state index is 0.105. The summed E-state index contributed by atoms with van der Waals surface area (Å²) >= 11 is 0. The second-order valence-electron chi connectivity index (χ2n) is 8.64. The van der Waals surface area contributed by atoms with Crippen molar-refractivity contribution >= 4 is 29.7 Å². The molecule has 5 unspecified atom stereocenters. The largest absolute Gasteiger partial charge is 0.481 e. The third kappa shape index (κ3) is 12.5. The standard InChI is InChI=1S/C21H39N5O8/c1-11(2)10-13(23)18(30)26-17(12(3)27)20(32)24-14(6-4-5-9-22)19(31)25-15(21(33)34)7-8-16(28)29/h11-15,17,27H,4-10,22-23H2,1-3H3,(H,24,32)(H,25,31)(H,26,30)(H,28,29)(H,33,34). The van der Waals surface area contributed by atoms with Crippen LogP contribution in [-0.4, -0.2) is 81.8 Å². The molecule has 0 saturated heterocycles. The van der Waals surface area contributed by atoms with Crippen molar-refractivity contribution in [3.63, 3.8) is 0 Å². The summed E-state index contributed by atoms with van der Waals surface area (Å²) < 4.78 is 0. The molecule has 34 heavy (non-hydrogen) atoms. The number of aliphatic hydroxyl groups excluding tert-OH is 1. The van der Waals surface area contributed by atoms with E-state index < -0.39 is 66.4 Å². The first-order valence-corrected chi connectivity index (χ1v) is 11.3. The van der Waals surface area contributed by atoms with Gasteiger partial charge < -0.3 is 42.7 Å². The fourth-order valence-electron chi connectivity index (χ4n) is 3.10. The predicted molar refractivity (Wildman–Crippen MR) is 122 cm³/mol. The highest BCUT2D eigenvalue weighted by molar-refractivity contribution is 5.94. The second-order valence-corrected chi connectivity index (χ2v) is 8.64. The molecule has 0 spiro atoms. The SMILES string of the molecule is CC(C)CC(N)C(=O)NC(C(=O)NC(CCCCN)C(=O)NC(CCC(=O)O)C(=O)O)C(C)O. The molecule has 0 fully saturated rings. The number of hydrogen-bond acceptors (Lipinski definition) is 8. The molecule has 196 valence electrons. The van der Waals surface area contributed by atoms with Crippen LogP contribution in [0.25, 0.3) is 0 Å². The Morgan fingerprint density at radius 3 is 1.88 bits per heavy atom. The Bertz CT molecular complexity index is 701. The fourth-order valence-corrected chi connectivity index (χ4v) is 3.10. The predicted octanol–water partition coefficient (Wildman–Crippen LogP) is -1.73. The van der Waals surface area contributed by atoms with E-state index in [9.17, 15) is 34.2 Å². The van der Waals surface area contributed by atoms with Crippen molar-refractivity contribution in [1.82, 2.24) is 16.0 Å². The summed E-state index contributed by atoms with van der Waals surface area (Å²) in [4.78, 5) is 60.1. The monoisotopic (exact) mass is 489 g/mol. The number of aliphatic hydroxyl groups is 1. The van der Waals surface area contributed by atoms with E-state index in [1.54, 1.807) is 0 Å². The van der Waals surface area contributed by atoms with Gasteiger partial charge in [0.1, 0.15) is 18.1 Å². The van der Waals surface area contributed by atoms with Crippen molar-refractivity contribution in [2.75, 3.05) is 6.54 Å². The summed E-state index contributed by atoms with van der Waals surface area (Å²) in [5.41, 5.74) is 11.3. The Morgan fingerprint density at radius 1 is 0.824 bits per heavy atom. The number of aliphatic carboxylic acids is 2. The van der Waals surface area contributed by atoms with Gasteiger partial charge in [0.25, 0.3) is 0 Å². The number of carbonyl (C=O) groups excluding carboxylic acids is 3. The minimum atomic E-state index is -1.47. The summed E-state index contributed by atoms with van der Waals surface area (Å²) in [5.74, 6) is -4.85. The van der Waals surface area contributed by atoms with Gasteiger partial charge in [-0.05, 0) is 51.5 Å². The van der Waals surface area contributed by atoms with Crippen molar-refractivity contribution in [3.8, 4) is 0 Å². The van der Waals surface area contributed by atoms with Crippen molar-refractivity contribution in [3.05, 3.63) is 0 Å². The summed E-state index contributed by atoms with van der Waals surface area (Å²) in [7, 11) is 0. The summed E-state index contributed by atoms with van der Waals surface area (Å²) in [6.07, 6.45) is -0.724. The van der Waals surface area contributed by atoms with Gasteiger partial charge in [0.2, 0.25) is 17.7 Å². The van der Waals surface area contributed by atoms with Crippen LogP contribution in [-0.2, 0) is 24.0 Å². The third-order valence-electron chi connectivity index (χ3n) is 4.97. The number of carboxylic acids is 2. The van der Waals surface area contributed by atoms with Gasteiger partial charge in [-0.2, -0.15) is 0 Å². The molecule has 0 heterocycles. The van der Waals surface area contributed by atoms with Crippen LogP contribution in [0.15, 0.2) is 0 Å². The molecule has 13 nitrogen and oxygen atoms in total. The highest BCUT2D eigenvalue weighted by Crippen LogP contribution is 2.07. The average molecular weight is 490 g/mol. The van der Waals surface area contributed by atoms with E-state index in [1.807, 2.05) is 13.8 Å². The van der Waals surface area contributed by atoms with Crippen molar-refractivity contribution in [2.24, 2.45) is 17.4 Å². The van der Waals surface area contributed by atoms with Gasteiger partial charge in [0.05, 0.1) is 12.1 Å². The van der Waals surface area contributed by atoms with Crippen LogP contribution in [0.4, 0.5) is 0 Å². The number of nitrogens with two attached hydrogens (primary N) is 2. The molecule has 0 rings (SSSR count). The van der Waals surface area contributed by atoms with Gasteiger partial charge in [0, 0.05) is 6.42 Å². The Kier molecular flexibility index (Phi) is 14.7. The van der Waals surface area contributed by atoms with Gasteiger partial charge in [-0.1, -0.05) is 13.8 Å². The number of carbonyl (C=O) groups is 5. The van der Waals surface area contributed by atoms with Gasteiger partial charge in [-0.15, -0.1) is 0 Å². The van der Waals surface area contributed by atoms with E-state index in [4.69, 9.17) is 16.6 Å². The molecule has 0 aliphatic heterocycles. The smallest absolute Gasteiger partial charge is 0.326 e. The number of hydrogen-bond donors (Lipinski definition) is 8.